The third kappa shape index (κ3) is 3.11. The fourth-order valence-electron chi connectivity index (χ4n) is 4.27. The lowest BCUT2D eigenvalue weighted by Gasteiger charge is -2.26. The Morgan fingerprint density at radius 3 is 2.33 bits per heavy atom. The number of allylic oxidation sites excluding steroid dienone is 3. The highest BCUT2D eigenvalue weighted by Gasteiger charge is 2.39. The van der Waals surface area contributed by atoms with Crippen molar-refractivity contribution in [3.05, 3.63) is 83.6 Å². The van der Waals surface area contributed by atoms with Crippen molar-refractivity contribution in [2.75, 3.05) is 30.5 Å². The first kappa shape index (κ1) is 20.0. The van der Waals surface area contributed by atoms with Crippen LogP contribution in [-0.2, 0) is 10.2 Å². The Bertz CT molecular complexity index is 1060. The van der Waals surface area contributed by atoms with Crippen LogP contribution in [0, 0.1) is 0 Å². The highest BCUT2D eigenvalue weighted by Crippen LogP contribution is 2.47. The molecule has 5 nitrogen and oxygen atoms in total. The van der Waals surface area contributed by atoms with Gasteiger partial charge >= 0.3 is 0 Å². The van der Waals surface area contributed by atoms with Crippen LogP contribution < -0.4 is 9.91 Å². The molecular weight excluding hydrogens is 372 g/mol. The van der Waals surface area contributed by atoms with E-state index in [1.165, 1.54) is 22.0 Å². The maximum Gasteiger partial charge on any atom is 0.282 e. The largest absolute Gasteiger partial charge is 0.361 e. The minimum Gasteiger partial charge on any atom is -0.361 e. The average Bonchev–Trinajstić information content (AvgIpc) is 3.18. The summed E-state index contributed by atoms with van der Waals surface area (Å²) in [4.78, 5) is 17.4. The molecule has 0 saturated carbocycles. The molecule has 5 heteroatoms. The van der Waals surface area contributed by atoms with Crippen molar-refractivity contribution in [3.63, 3.8) is 0 Å². The maximum absolute atomic E-state index is 13.2. The van der Waals surface area contributed by atoms with Crippen molar-refractivity contribution in [1.82, 2.24) is 4.90 Å². The molecule has 0 bridgehead atoms. The molecule has 1 amide bonds. The summed E-state index contributed by atoms with van der Waals surface area (Å²) < 4.78 is 0. The average molecular weight is 401 g/mol. The number of carbonyl (C=O) groups is 1. The lowest BCUT2D eigenvalue weighted by molar-refractivity contribution is -0.114. The number of para-hydroxylation sites is 2. The first-order chi connectivity index (χ1) is 14.4. The van der Waals surface area contributed by atoms with Crippen molar-refractivity contribution in [3.8, 4) is 0 Å². The summed E-state index contributed by atoms with van der Waals surface area (Å²) in [6.07, 6.45) is 4.01. The number of carbonyl (C=O) groups excluding carboxylic acids is 1. The highest BCUT2D eigenvalue weighted by molar-refractivity contribution is 6.29. The van der Waals surface area contributed by atoms with Gasteiger partial charge in [0.15, 0.2) is 5.84 Å². The van der Waals surface area contributed by atoms with Crippen molar-refractivity contribution in [2.24, 2.45) is 5.10 Å². The predicted octanol–water partition coefficient (Wildman–Crippen LogP) is 4.54. The predicted molar refractivity (Wildman–Crippen MR) is 124 cm³/mol. The Morgan fingerprint density at radius 2 is 1.67 bits per heavy atom. The molecule has 30 heavy (non-hydrogen) atoms. The van der Waals surface area contributed by atoms with Crippen molar-refractivity contribution >= 4 is 23.1 Å². The smallest absolute Gasteiger partial charge is 0.282 e. The minimum absolute atomic E-state index is 0.113. The van der Waals surface area contributed by atoms with Gasteiger partial charge in [0.2, 0.25) is 0 Å². The highest BCUT2D eigenvalue weighted by atomic mass is 16.2. The van der Waals surface area contributed by atoms with Gasteiger partial charge < -0.3 is 9.80 Å². The van der Waals surface area contributed by atoms with Gasteiger partial charge in [-0.25, -0.2) is 0 Å². The van der Waals surface area contributed by atoms with Crippen molar-refractivity contribution in [2.45, 2.75) is 26.2 Å². The van der Waals surface area contributed by atoms with Gasteiger partial charge in [-0.1, -0.05) is 50.2 Å². The van der Waals surface area contributed by atoms with Crippen molar-refractivity contribution in [1.29, 1.82) is 0 Å². The Labute approximate surface area is 178 Å². The molecule has 2 heterocycles. The number of amidine groups is 1. The molecule has 2 aliphatic rings. The van der Waals surface area contributed by atoms with Crippen molar-refractivity contribution < 1.29 is 4.79 Å². The molecule has 0 radical (unpaired) electrons. The summed E-state index contributed by atoms with van der Waals surface area (Å²) in [5.41, 5.74) is 4.95. The molecule has 0 atom stereocenters. The Morgan fingerprint density at radius 1 is 1.00 bits per heavy atom. The van der Waals surface area contributed by atoms with E-state index in [1.54, 1.807) is 0 Å². The first-order valence-electron chi connectivity index (χ1n) is 10.3. The fourth-order valence-corrected chi connectivity index (χ4v) is 4.27. The van der Waals surface area contributed by atoms with Crippen LogP contribution in [0.4, 0.5) is 11.4 Å². The molecular formula is C25H28N4O. The SMILES string of the molecule is CCN1/C(=C\C=C2\C(=O)N(c3ccccc3)N=C2N(C)C)C(C)(C)c2ccccc21. The summed E-state index contributed by atoms with van der Waals surface area (Å²) >= 11 is 0. The lowest BCUT2D eigenvalue weighted by atomic mass is 9.83. The molecule has 4 rings (SSSR count). The third-order valence-corrected chi connectivity index (χ3v) is 5.81. The van der Waals surface area contributed by atoms with Crippen LogP contribution in [0.5, 0.6) is 0 Å². The lowest BCUT2D eigenvalue weighted by Crippen LogP contribution is -2.27. The number of hydrogen-bond acceptors (Lipinski definition) is 4. The van der Waals surface area contributed by atoms with Gasteiger partial charge in [-0.05, 0) is 42.8 Å². The zero-order valence-electron chi connectivity index (χ0n) is 18.3. The zero-order chi connectivity index (χ0) is 21.5. The normalized spacial score (nSPS) is 20.2. The van der Waals surface area contributed by atoms with Crippen LogP contribution in [-0.4, -0.2) is 37.3 Å². The number of fused-ring (bicyclic) bond motifs is 1. The van der Waals surface area contributed by atoms with Crippen LogP contribution in [0.2, 0.25) is 0 Å². The molecule has 154 valence electrons. The van der Waals surface area contributed by atoms with E-state index in [2.05, 4.69) is 61.1 Å². The van der Waals surface area contributed by atoms with Crippen LogP contribution in [0.15, 0.2) is 83.1 Å². The monoisotopic (exact) mass is 400 g/mol. The summed E-state index contributed by atoms with van der Waals surface area (Å²) in [6, 6.07) is 18.1. The molecule has 0 N–H and O–H groups in total. The third-order valence-electron chi connectivity index (χ3n) is 5.81. The van der Waals surface area contributed by atoms with E-state index < -0.39 is 0 Å². The Balaban J connectivity index is 1.76. The number of rotatable bonds is 3. The molecule has 0 unspecified atom stereocenters. The second kappa shape index (κ2) is 7.48. The number of hydrogen-bond donors (Lipinski definition) is 0. The first-order valence-corrected chi connectivity index (χ1v) is 10.3. The second-order valence-electron chi connectivity index (χ2n) is 8.29. The van der Waals surface area contributed by atoms with Gasteiger partial charge in [-0.2, -0.15) is 5.01 Å². The summed E-state index contributed by atoms with van der Waals surface area (Å²) in [5, 5.41) is 6.07. The fraction of sp³-hybridized carbons (Fsp3) is 0.280. The standard InChI is InChI=1S/C25H28N4O/c1-6-28-21-15-11-10-14-20(21)25(2,3)22(28)17-16-19-23(27(4)5)26-29(24(19)30)18-12-8-7-9-13-18/h7-17H,6H2,1-5H3/b19-16+,22-17-. The van der Waals surface area contributed by atoms with E-state index in [-0.39, 0.29) is 11.3 Å². The van der Waals surface area contributed by atoms with Gasteiger partial charge in [0.05, 0.1) is 11.3 Å². The van der Waals surface area contributed by atoms with Gasteiger partial charge in [-0.15, -0.1) is 5.10 Å². The number of hydrazone groups is 1. The van der Waals surface area contributed by atoms with Crippen LogP contribution in [0.1, 0.15) is 26.3 Å². The second-order valence-corrected chi connectivity index (χ2v) is 8.29. The van der Waals surface area contributed by atoms with E-state index in [1.807, 2.05) is 55.4 Å². The van der Waals surface area contributed by atoms with E-state index in [4.69, 9.17) is 0 Å². The minimum atomic E-state index is -0.139. The van der Waals surface area contributed by atoms with Gasteiger partial charge in [0.25, 0.3) is 5.91 Å². The molecule has 0 spiro atoms. The zero-order valence-corrected chi connectivity index (χ0v) is 18.3. The molecule has 0 fully saturated rings. The summed E-state index contributed by atoms with van der Waals surface area (Å²) in [6.45, 7) is 7.50. The van der Waals surface area contributed by atoms with E-state index in [0.29, 0.717) is 11.4 Å². The number of amides is 1. The number of benzene rings is 2. The molecule has 0 aliphatic carbocycles. The van der Waals surface area contributed by atoms with Crippen LogP contribution in [0.25, 0.3) is 0 Å². The van der Waals surface area contributed by atoms with Crippen LogP contribution >= 0.6 is 0 Å². The van der Waals surface area contributed by atoms with Gasteiger partial charge in [0.1, 0.15) is 0 Å². The van der Waals surface area contributed by atoms with E-state index in [0.717, 1.165) is 12.2 Å². The Hall–Kier alpha value is -3.34. The molecule has 2 aromatic carbocycles. The number of nitrogens with zero attached hydrogens (tertiary/aromatic N) is 4. The van der Waals surface area contributed by atoms with Gasteiger partial charge in [0, 0.05) is 37.4 Å². The molecule has 2 aromatic rings. The summed E-state index contributed by atoms with van der Waals surface area (Å²) in [5.74, 6) is 0.551. The molecule has 0 saturated heterocycles. The summed E-state index contributed by atoms with van der Waals surface area (Å²) in [7, 11) is 3.82. The quantitative estimate of drug-likeness (QED) is 0.711. The van der Waals surface area contributed by atoms with E-state index in [9.17, 15) is 4.79 Å². The van der Waals surface area contributed by atoms with E-state index >= 15 is 0 Å². The number of anilines is 2. The van der Waals surface area contributed by atoms with Crippen LogP contribution in [0.3, 0.4) is 0 Å². The Kier molecular flexibility index (Phi) is 4.98. The van der Waals surface area contributed by atoms with Gasteiger partial charge in [-0.3, -0.25) is 4.79 Å². The molecule has 0 aromatic heterocycles. The molecule has 2 aliphatic heterocycles. The topological polar surface area (TPSA) is 39.2 Å². The maximum atomic E-state index is 13.2. The number of likely N-dealkylation sites (N-methyl/N-ethyl adjacent to an activating group) is 2.